The zero-order valence-electron chi connectivity index (χ0n) is 20.4. The number of carbonyl (C=O) groups excluding carboxylic acids is 1. The minimum Gasteiger partial charge on any atom is -0.460 e. The molecule has 4 N–H and O–H groups in total. The summed E-state index contributed by atoms with van der Waals surface area (Å²) >= 11 is 0. The van der Waals surface area contributed by atoms with Crippen molar-refractivity contribution in [1.82, 2.24) is 0 Å². The summed E-state index contributed by atoms with van der Waals surface area (Å²) in [5, 5.41) is 37.2. The summed E-state index contributed by atoms with van der Waals surface area (Å²) in [6, 6.07) is 0. The van der Waals surface area contributed by atoms with E-state index in [0.29, 0.717) is 5.92 Å². The predicted molar refractivity (Wildman–Crippen MR) is 125 cm³/mol. The average molecular weight is 445 g/mol. The monoisotopic (exact) mass is 444 g/mol. The smallest absolute Gasteiger partial charge is 0.330 e. The Hall–Kier alpha value is -0.950. The highest BCUT2D eigenvalue weighted by Crippen LogP contribution is 2.22. The van der Waals surface area contributed by atoms with E-state index in [1.807, 2.05) is 6.92 Å². The SMILES string of the molecule is C/C(=C\C(=O)OC[C@H](O)[C@@H](O)[C@H](O)CO)CCCC(C)CCCC(C)CCCC(C)C. The zero-order chi connectivity index (χ0) is 23.8. The van der Waals surface area contributed by atoms with Crippen LogP contribution in [0.4, 0.5) is 0 Å². The molecule has 0 aliphatic heterocycles. The minimum absolute atomic E-state index is 0.437. The second-order valence-electron chi connectivity index (χ2n) is 9.79. The first-order valence-corrected chi connectivity index (χ1v) is 12.1. The second-order valence-corrected chi connectivity index (χ2v) is 9.79. The van der Waals surface area contributed by atoms with E-state index in [0.717, 1.165) is 36.7 Å². The van der Waals surface area contributed by atoms with Crippen molar-refractivity contribution in [2.24, 2.45) is 17.8 Å². The lowest BCUT2D eigenvalue weighted by atomic mass is 9.91. The van der Waals surface area contributed by atoms with E-state index >= 15 is 0 Å². The first kappa shape index (κ1) is 30.0. The number of hydrogen-bond acceptors (Lipinski definition) is 6. The molecular formula is C25H48O6. The van der Waals surface area contributed by atoms with Crippen LogP contribution in [0.25, 0.3) is 0 Å². The summed E-state index contributed by atoms with van der Waals surface area (Å²) in [6.45, 7) is 10.0. The number of rotatable bonds is 18. The molecule has 0 radical (unpaired) electrons. The van der Waals surface area contributed by atoms with Crippen molar-refractivity contribution in [3.8, 4) is 0 Å². The maximum absolute atomic E-state index is 11.8. The van der Waals surface area contributed by atoms with Gasteiger partial charge in [0, 0.05) is 6.08 Å². The van der Waals surface area contributed by atoms with Crippen LogP contribution < -0.4 is 0 Å². The quantitative estimate of drug-likeness (QED) is 0.188. The van der Waals surface area contributed by atoms with Crippen LogP contribution in [0.2, 0.25) is 0 Å². The fraction of sp³-hybridized carbons (Fsp3) is 0.880. The van der Waals surface area contributed by atoms with Gasteiger partial charge >= 0.3 is 5.97 Å². The summed E-state index contributed by atoms with van der Waals surface area (Å²) in [4.78, 5) is 11.8. The highest BCUT2D eigenvalue weighted by molar-refractivity contribution is 5.82. The minimum atomic E-state index is -1.56. The van der Waals surface area contributed by atoms with E-state index < -0.39 is 37.5 Å². The molecule has 0 aliphatic rings. The molecule has 0 bridgehead atoms. The van der Waals surface area contributed by atoms with Gasteiger partial charge in [0.05, 0.1) is 6.61 Å². The second kappa shape index (κ2) is 17.6. The zero-order valence-corrected chi connectivity index (χ0v) is 20.4. The topological polar surface area (TPSA) is 107 Å². The van der Waals surface area contributed by atoms with E-state index in [-0.39, 0.29) is 0 Å². The van der Waals surface area contributed by atoms with Crippen molar-refractivity contribution >= 4 is 5.97 Å². The summed E-state index contributed by atoms with van der Waals surface area (Å²) in [5.74, 6) is 1.71. The first-order chi connectivity index (χ1) is 14.6. The Labute approximate surface area is 189 Å². The molecule has 0 rings (SSSR count). The number of hydrogen-bond donors (Lipinski definition) is 4. The molecule has 6 heteroatoms. The van der Waals surface area contributed by atoms with Gasteiger partial charge in [-0.05, 0) is 37.5 Å². The Balaban J connectivity index is 3.96. The molecule has 0 aromatic rings. The molecule has 0 saturated carbocycles. The largest absolute Gasteiger partial charge is 0.460 e. The van der Waals surface area contributed by atoms with Gasteiger partial charge in [0.2, 0.25) is 0 Å². The van der Waals surface area contributed by atoms with Crippen LogP contribution in [0.1, 0.15) is 92.4 Å². The van der Waals surface area contributed by atoms with Crippen molar-refractivity contribution in [3.05, 3.63) is 11.6 Å². The van der Waals surface area contributed by atoms with Crippen LogP contribution in [0.3, 0.4) is 0 Å². The molecule has 0 amide bonds. The average Bonchev–Trinajstić information content (AvgIpc) is 2.70. The Bertz CT molecular complexity index is 490. The third kappa shape index (κ3) is 16.4. The van der Waals surface area contributed by atoms with Crippen molar-refractivity contribution in [1.29, 1.82) is 0 Å². The van der Waals surface area contributed by atoms with Gasteiger partial charge < -0.3 is 25.2 Å². The fourth-order valence-corrected chi connectivity index (χ4v) is 3.65. The van der Waals surface area contributed by atoms with Gasteiger partial charge in [-0.3, -0.25) is 0 Å². The molecule has 0 aromatic heterocycles. The predicted octanol–water partition coefficient (Wildman–Crippen LogP) is 3.99. The van der Waals surface area contributed by atoms with Crippen LogP contribution in [0, 0.1) is 17.8 Å². The Morgan fingerprint density at radius 1 is 0.839 bits per heavy atom. The molecule has 5 atom stereocenters. The highest BCUT2D eigenvalue weighted by atomic mass is 16.5. The Morgan fingerprint density at radius 3 is 1.87 bits per heavy atom. The number of carbonyl (C=O) groups is 1. The van der Waals surface area contributed by atoms with E-state index in [2.05, 4.69) is 27.7 Å². The van der Waals surface area contributed by atoms with Crippen LogP contribution >= 0.6 is 0 Å². The van der Waals surface area contributed by atoms with Crippen molar-refractivity contribution in [3.63, 3.8) is 0 Å². The summed E-state index contributed by atoms with van der Waals surface area (Å²) < 4.78 is 4.92. The normalized spacial score (nSPS) is 17.3. The fourth-order valence-electron chi connectivity index (χ4n) is 3.65. The number of aliphatic hydroxyl groups excluding tert-OH is 4. The number of esters is 1. The Morgan fingerprint density at radius 2 is 1.35 bits per heavy atom. The van der Waals surface area contributed by atoms with Crippen LogP contribution in [-0.2, 0) is 9.53 Å². The molecule has 6 nitrogen and oxygen atoms in total. The Kier molecular flexibility index (Phi) is 17.0. The molecule has 0 heterocycles. The highest BCUT2D eigenvalue weighted by Gasteiger charge is 2.25. The van der Waals surface area contributed by atoms with Gasteiger partial charge in [-0.15, -0.1) is 0 Å². The molecule has 0 fully saturated rings. The third-order valence-electron chi connectivity index (χ3n) is 5.88. The van der Waals surface area contributed by atoms with Gasteiger partial charge in [-0.2, -0.15) is 0 Å². The number of aliphatic hydroxyl groups is 4. The van der Waals surface area contributed by atoms with Crippen LogP contribution in [-0.4, -0.2) is 57.9 Å². The standard InChI is InChI=1S/C25H48O6/c1-18(2)9-6-10-19(3)11-7-12-20(4)13-8-14-21(5)15-24(29)31-17-23(28)25(30)22(27)16-26/h15,18-20,22-23,25-28,30H,6-14,16-17H2,1-5H3/b21-15+/t19?,20?,22-,23+,25+/m1/s1. The van der Waals surface area contributed by atoms with Crippen molar-refractivity contribution in [2.45, 2.75) is 111 Å². The van der Waals surface area contributed by atoms with Gasteiger partial charge in [-0.25, -0.2) is 4.79 Å². The molecule has 0 aliphatic carbocycles. The maximum Gasteiger partial charge on any atom is 0.330 e. The summed E-state index contributed by atoms with van der Waals surface area (Å²) in [6.07, 6.45) is 7.74. The molecule has 0 spiro atoms. The van der Waals surface area contributed by atoms with E-state index in [1.165, 1.54) is 44.6 Å². The van der Waals surface area contributed by atoms with Gasteiger partial charge in [-0.1, -0.05) is 78.2 Å². The van der Waals surface area contributed by atoms with Gasteiger partial charge in [0.1, 0.15) is 24.9 Å². The van der Waals surface area contributed by atoms with Gasteiger partial charge in [0.15, 0.2) is 0 Å². The number of ether oxygens (including phenoxy) is 1. The molecule has 0 aromatic carbocycles. The van der Waals surface area contributed by atoms with Crippen molar-refractivity contribution in [2.75, 3.05) is 13.2 Å². The molecule has 184 valence electrons. The van der Waals surface area contributed by atoms with E-state index in [1.54, 1.807) is 0 Å². The van der Waals surface area contributed by atoms with Crippen molar-refractivity contribution < 1.29 is 30.0 Å². The lowest BCUT2D eigenvalue weighted by Crippen LogP contribution is -2.42. The lowest BCUT2D eigenvalue weighted by molar-refractivity contribution is -0.146. The summed E-state index contributed by atoms with van der Waals surface area (Å²) in [7, 11) is 0. The van der Waals surface area contributed by atoms with E-state index in [4.69, 9.17) is 9.84 Å². The third-order valence-corrected chi connectivity index (χ3v) is 5.88. The molecule has 2 unspecified atom stereocenters. The van der Waals surface area contributed by atoms with E-state index in [9.17, 15) is 20.1 Å². The maximum atomic E-state index is 11.8. The molecular weight excluding hydrogens is 396 g/mol. The van der Waals surface area contributed by atoms with Crippen LogP contribution in [0.5, 0.6) is 0 Å². The first-order valence-electron chi connectivity index (χ1n) is 12.1. The molecule has 0 saturated heterocycles. The summed E-state index contributed by atoms with van der Waals surface area (Å²) in [5.41, 5.74) is 0.918. The van der Waals surface area contributed by atoms with Crippen LogP contribution in [0.15, 0.2) is 11.6 Å². The lowest BCUT2D eigenvalue weighted by Gasteiger charge is -2.20. The van der Waals surface area contributed by atoms with Gasteiger partial charge in [0.25, 0.3) is 0 Å². The number of allylic oxidation sites excluding steroid dienone is 1. The molecule has 31 heavy (non-hydrogen) atoms.